The van der Waals surface area contributed by atoms with E-state index in [2.05, 4.69) is 15.8 Å². The molecule has 1 aromatic heterocycles. The monoisotopic (exact) mass is 366 g/mol. The topological polar surface area (TPSA) is 87.5 Å². The quantitative estimate of drug-likeness (QED) is 0.785. The van der Waals surface area contributed by atoms with E-state index in [0.29, 0.717) is 24.8 Å². The first kappa shape index (κ1) is 19.4. The number of anilines is 2. The van der Waals surface area contributed by atoms with Crippen molar-refractivity contribution in [2.45, 2.75) is 26.7 Å². The molecule has 0 saturated carbocycles. The van der Waals surface area contributed by atoms with Gasteiger partial charge >= 0.3 is 6.03 Å². The summed E-state index contributed by atoms with van der Waals surface area (Å²) < 4.78 is 31.5. The smallest absolute Gasteiger partial charge is 0.322 e. The van der Waals surface area contributed by atoms with E-state index < -0.39 is 23.6 Å². The average Bonchev–Trinajstić information content (AvgIpc) is 2.98. The second-order valence-corrected chi connectivity index (χ2v) is 5.70. The minimum Gasteiger partial charge on any atom is -0.360 e. The Morgan fingerprint density at radius 2 is 2.00 bits per heavy atom. The number of carbonyl (C=O) groups is 2. The third kappa shape index (κ3) is 5.54. The van der Waals surface area contributed by atoms with Crippen molar-refractivity contribution in [1.29, 1.82) is 0 Å². The highest BCUT2D eigenvalue weighted by atomic mass is 19.1. The number of halogens is 2. The van der Waals surface area contributed by atoms with Crippen LogP contribution in [0, 0.1) is 18.6 Å². The molecule has 0 fully saturated rings. The maximum atomic E-state index is 13.7. The van der Waals surface area contributed by atoms with Gasteiger partial charge in [-0.05, 0) is 25.5 Å². The molecule has 0 aliphatic rings. The van der Waals surface area contributed by atoms with Gasteiger partial charge < -0.3 is 20.1 Å². The number of unbranched alkanes of at least 4 members (excludes halogenated alkanes) is 1. The van der Waals surface area contributed by atoms with E-state index in [9.17, 15) is 18.4 Å². The lowest BCUT2D eigenvalue weighted by atomic mass is 10.3. The van der Waals surface area contributed by atoms with E-state index in [0.717, 1.165) is 18.6 Å². The SMILES string of the molecule is CCCCN(CC(=O)Nc1cc(C)on1)C(=O)Nc1ccc(F)cc1F. The number of rotatable bonds is 7. The van der Waals surface area contributed by atoms with Gasteiger partial charge in [-0.1, -0.05) is 18.5 Å². The number of nitrogens with zero attached hydrogens (tertiary/aromatic N) is 2. The molecule has 0 spiro atoms. The van der Waals surface area contributed by atoms with Crippen LogP contribution in [0.5, 0.6) is 0 Å². The molecule has 2 rings (SSSR count). The molecular weight excluding hydrogens is 346 g/mol. The summed E-state index contributed by atoms with van der Waals surface area (Å²) in [5, 5.41) is 8.52. The minimum atomic E-state index is -0.892. The van der Waals surface area contributed by atoms with Crippen molar-refractivity contribution in [1.82, 2.24) is 10.1 Å². The van der Waals surface area contributed by atoms with Crippen LogP contribution < -0.4 is 10.6 Å². The average molecular weight is 366 g/mol. The third-order valence-electron chi connectivity index (χ3n) is 3.47. The third-order valence-corrected chi connectivity index (χ3v) is 3.47. The maximum absolute atomic E-state index is 13.7. The van der Waals surface area contributed by atoms with E-state index in [1.807, 2.05) is 6.92 Å². The molecule has 0 unspecified atom stereocenters. The zero-order chi connectivity index (χ0) is 19.1. The molecule has 2 N–H and O–H groups in total. The van der Waals surface area contributed by atoms with Gasteiger partial charge in [-0.3, -0.25) is 4.79 Å². The van der Waals surface area contributed by atoms with Gasteiger partial charge in [0, 0.05) is 18.7 Å². The predicted octanol–water partition coefficient (Wildman–Crippen LogP) is 3.53. The normalized spacial score (nSPS) is 10.5. The Kier molecular flexibility index (Phi) is 6.65. The molecule has 140 valence electrons. The fourth-order valence-corrected chi connectivity index (χ4v) is 2.17. The molecule has 1 heterocycles. The maximum Gasteiger partial charge on any atom is 0.322 e. The van der Waals surface area contributed by atoms with Gasteiger partial charge in [-0.15, -0.1) is 0 Å². The van der Waals surface area contributed by atoms with E-state index in [1.54, 1.807) is 13.0 Å². The Morgan fingerprint density at radius 1 is 1.23 bits per heavy atom. The predicted molar refractivity (Wildman–Crippen MR) is 91.7 cm³/mol. The fraction of sp³-hybridized carbons (Fsp3) is 0.353. The molecule has 0 saturated heterocycles. The van der Waals surface area contributed by atoms with Gasteiger partial charge in [-0.2, -0.15) is 0 Å². The van der Waals surface area contributed by atoms with Crippen LogP contribution in [0.1, 0.15) is 25.5 Å². The number of nitrogens with one attached hydrogen (secondary N) is 2. The summed E-state index contributed by atoms with van der Waals surface area (Å²) in [5.41, 5.74) is -0.162. The zero-order valence-corrected chi connectivity index (χ0v) is 14.5. The van der Waals surface area contributed by atoms with Gasteiger partial charge in [0.05, 0.1) is 5.69 Å². The van der Waals surface area contributed by atoms with Crippen LogP contribution in [0.3, 0.4) is 0 Å². The van der Waals surface area contributed by atoms with E-state index >= 15 is 0 Å². The van der Waals surface area contributed by atoms with Crippen LogP contribution in [0.15, 0.2) is 28.8 Å². The van der Waals surface area contributed by atoms with Crippen LogP contribution in [-0.2, 0) is 4.79 Å². The molecule has 9 heteroatoms. The lowest BCUT2D eigenvalue weighted by Crippen LogP contribution is -2.41. The Balaban J connectivity index is 2.02. The van der Waals surface area contributed by atoms with Crippen LogP contribution in [0.25, 0.3) is 0 Å². The highest BCUT2D eigenvalue weighted by Crippen LogP contribution is 2.16. The Bertz CT molecular complexity index is 779. The fourth-order valence-electron chi connectivity index (χ4n) is 2.17. The van der Waals surface area contributed by atoms with Gasteiger partial charge in [0.25, 0.3) is 0 Å². The highest BCUT2D eigenvalue weighted by molar-refractivity contribution is 5.96. The highest BCUT2D eigenvalue weighted by Gasteiger charge is 2.19. The molecule has 0 aliphatic heterocycles. The molecular formula is C17H20F2N4O3. The largest absolute Gasteiger partial charge is 0.360 e. The molecule has 26 heavy (non-hydrogen) atoms. The summed E-state index contributed by atoms with van der Waals surface area (Å²) >= 11 is 0. The van der Waals surface area contributed by atoms with Crippen LogP contribution in [0.4, 0.5) is 25.1 Å². The molecule has 0 radical (unpaired) electrons. The molecule has 3 amide bonds. The lowest BCUT2D eigenvalue weighted by molar-refractivity contribution is -0.116. The van der Waals surface area contributed by atoms with Crippen LogP contribution in [-0.4, -0.2) is 35.1 Å². The first-order chi connectivity index (χ1) is 12.4. The standard InChI is InChI=1S/C17H20F2N4O3/c1-3-4-7-23(10-16(24)21-15-8-11(2)26-22-15)17(25)20-14-6-5-12(18)9-13(14)19/h5-6,8-9H,3-4,7,10H2,1-2H3,(H,20,25)(H,21,22,24). The number of aromatic nitrogens is 1. The molecule has 0 bridgehead atoms. The first-order valence-electron chi connectivity index (χ1n) is 8.13. The van der Waals surface area contributed by atoms with E-state index in [-0.39, 0.29) is 18.1 Å². The van der Waals surface area contributed by atoms with Crippen molar-refractivity contribution in [2.24, 2.45) is 0 Å². The van der Waals surface area contributed by atoms with Gasteiger partial charge in [0.1, 0.15) is 23.9 Å². The van der Waals surface area contributed by atoms with Crippen LogP contribution >= 0.6 is 0 Å². The lowest BCUT2D eigenvalue weighted by Gasteiger charge is -2.22. The molecule has 0 aliphatic carbocycles. The van der Waals surface area contributed by atoms with Crippen molar-refractivity contribution < 1.29 is 22.9 Å². The second kappa shape index (κ2) is 8.93. The van der Waals surface area contributed by atoms with E-state index in [1.165, 1.54) is 4.90 Å². The summed E-state index contributed by atoms with van der Waals surface area (Å²) in [5.74, 6) is -1.33. The van der Waals surface area contributed by atoms with Crippen molar-refractivity contribution in [3.63, 3.8) is 0 Å². The minimum absolute atomic E-state index is 0.162. The summed E-state index contributed by atoms with van der Waals surface area (Å²) in [4.78, 5) is 25.8. The van der Waals surface area contributed by atoms with Crippen molar-refractivity contribution >= 4 is 23.4 Å². The summed E-state index contributed by atoms with van der Waals surface area (Å²) in [6.45, 7) is 3.67. The zero-order valence-electron chi connectivity index (χ0n) is 14.5. The summed E-state index contributed by atoms with van der Waals surface area (Å²) in [6, 6.07) is 3.72. The van der Waals surface area contributed by atoms with Crippen LogP contribution in [0.2, 0.25) is 0 Å². The molecule has 2 aromatic rings. The number of carbonyl (C=O) groups excluding carboxylic acids is 2. The number of benzene rings is 1. The number of aryl methyl sites for hydroxylation is 1. The Morgan fingerprint density at radius 3 is 2.62 bits per heavy atom. The summed E-state index contributed by atoms with van der Waals surface area (Å²) in [6.07, 6.45) is 1.47. The molecule has 0 atom stereocenters. The second-order valence-electron chi connectivity index (χ2n) is 5.70. The van der Waals surface area contributed by atoms with E-state index in [4.69, 9.17) is 4.52 Å². The van der Waals surface area contributed by atoms with Crippen molar-refractivity contribution in [3.8, 4) is 0 Å². The number of hydrogen-bond donors (Lipinski definition) is 2. The molecule has 1 aromatic carbocycles. The van der Waals surface area contributed by atoms with Gasteiger partial charge in [-0.25, -0.2) is 13.6 Å². The number of hydrogen-bond acceptors (Lipinski definition) is 4. The number of amides is 3. The van der Waals surface area contributed by atoms with Gasteiger partial charge in [0.15, 0.2) is 5.82 Å². The van der Waals surface area contributed by atoms with Gasteiger partial charge in [0.2, 0.25) is 5.91 Å². The Labute approximate surface area is 149 Å². The first-order valence-corrected chi connectivity index (χ1v) is 8.13. The van der Waals surface area contributed by atoms with Crippen molar-refractivity contribution in [3.05, 3.63) is 41.7 Å². The number of urea groups is 1. The van der Waals surface area contributed by atoms with Crippen molar-refractivity contribution in [2.75, 3.05) is 23.7 Å². The summed E-state index contributed by atoms with van der Waals surface area (Å²) in [7, 11) is 0. The Hall–Kier alpha value is -2.97. The molecule has 7 nitrogen and oxygen atoms in total.